The van der Waals surface area contributed by atoms with Crippen molar-refractivity contribution >= 4 is 16.9 Å². The smallest absolute Gasteiger partial charge is 0.291 e. The first-order valence-electron chi connectivity index (χ1n) is 13.6. The van der Waals surface area contributed by atoms with Crippen LogP contribution in [0.3, 0.4) is 0 Å². The molecule has 1 amide bonds. The maximum absolute atomic E-state index is 13.9. The molecule has 8 nitrogen and oxygen atoms in total. The zero-order chi connectivity index (χ0) is 27.8. The van der Waals surface area contributed by atoms with E-state index in [-0.39, 0.29) is 30.4 Å². The molecule has 0 bridgehead atoms. The second kappa shape index (κ2) is 10.6. The van der Waals surface area contributed by atoms with Crippen molar-refractivity contribution in [1.29, 1.82) is 0 Å². The number of aryl methyl sites for hydroxylation is 1. The number of fused-ring (bicyclic) bond motifs is 3. The number of rotatable bonds is 9. The van der Waals surface area contributed by atoms with E-state index in [1.807, 2.05) is 49.4 Å². The van der Waals surface area contributed by atoms with Crippen LogP contribution in [0.4, 0.5) is 0 Å². The summed E-state index contributed by atoms with van der Waals surface area (Å²) in [6.45, 7) is 5.04. The van der Waals surface area contributed by atoms with Crippen molar-refractivity contribution in [3.63, 3.8) is 0 Å². The summed E-state index contributed by atoms with van der Waals surface area (Å²) >= 11 is 0. The Bertz CT molecular complexity index is 1660. The first-order chi connectivity index (χ1) is 19.5. The molecule has 1 aromatic heterocycles. The highest BCUT2D eigenvalue weighted by molar-refractivity contribution is 5.99. The van der Waals surface area contributed by atoms with Gasteiger partial charge < -0.3 is 28.3 Å². The fourth-order valence-corrected chi connectivity index (χ4v) is 5.39. The molecule has 0 aliphatic carbocycles. The minimum atomic E-state index is -0.683. The average molecular weight is 542 g/mol. The molecule has 2 aliphatic heterocycles. The molecular weight excluding hydrogens is 510 g/mol. The monoisotopic (exact) mass is 541 g/mol. The molecule has 2 aliphatic rings. The number of carbonyl (C=O) groups excluding carboxylic acids is 1. The van der Waals surface area contributed by atoms with Gasteiger partial charge in [0.1, 0.15) is 5.58 Å². The van der Waals surface area contributed by atoms with E-state index in [9.17, 15) is 9.59 Å². The van der Waals surface area contributed by atoms with Crippen molar-refractivity contribution in [2.45, 2.75) is 45.7 Å². The van der Waals surface area contributed by atoms with E-state index < -0.39 is 6.04 Å². The van der Waals surface area contributed by atoms with Crippen LogP contribution in [-0.2, 0) is 6.54 Å². The number of methoxy groups -OCH3 is 1. The van der Waals surface area contributed by atoms with Gasteiger partial charge in [0.2, 0.25) is 12.6 Å². The van der Waals surface area contributed by atoms with Crippen molar-refractivity contribution in [2.75, 3.05) is 20.5 Å². The molecule has 6 rings (SSSR count). The highest BCUT2D eigenvalue weighted by Crippen LogP contribution is 2.42. The van der Waals surface area contributed by atoms with Gasteiger partial charge in [-0.2, -0.15) is 0 Å². The summed E-state index contributed by atoms with van der Waals surface area (Å²) in [7, 11) is 1.58. The Hall–Kier alpha value is -4.46. The molecule has 0 fully saturated rings. The average Bonchev–Trinajstić information content (AvgIpc) is 3.54. The van der Waals surface area contributed by atoms with Crippen LogP contribution < -0.4 is 24.4 Å². The van der Waals surface area contributed by atoms with Gasteiger partial charge in [-0.15, -0.1) is 0 Å². The van der Waals surface area contributed by atoms with Gasteiger partial charge >= 0.3 is 0 Å². The minimum Gasteiger partial charge on any atom is -0.493 e. The predicted octanol–water partition coefficient (Wildman–Crippen LogP) is 6.15. The van der Waals surface area contributed by atoms with Crippen LogP contribution in [0.2, 0.25) is 0 Å². The summed E-state index contributed by atoms with van der Waals surface area (Å²) in [5.74, 6) is 2.16. The molecule has 3 aromatic carbocycles. The summed E-state index contributed by atoms with van der Waals surface area (Å²) < 4.78 is 28.8. The number of hydrogen-bond acceptors (Lipinski definition) is 7. The summed E-state index contributed by atoms with van der Waals surface area (Å²) in [6, 6.07) is 15.9. The van der Waals surface area contributed by atoms with E-state index >= 15 is 0 Å². The Balaban J connectivity index is 1.45. The van der Waals surface area contributed by atoms with Crippen LogP contribution >= 0.6 is 0 Å². The van der Waals surface area contributed by atoms with Gasteiger partial charge in [0.05, 0.1) is 30.7 Å². The largest absolute Gasteiger partial charge is 0.493 e. The van der Waals surface area contributed by atoms with Crippen LogP contribution in [0.25, 0.3) is 11.0 Å². The number of nitrogens with zero attached hydrogens (tertiary/aromatic N) is 1. The molecule has 206 valence electrons. The predicted molar refractivity (Wildman–Crippen MR) is 150 cm³/mol. The van der Waals surface area contributed by atoms with Crippen molar-refractivity contribution in [3.8, 4) is 23.0 Å². The summed E-state index contributed by atoms with van der Waals surface area (Å²) in [6.07, 6.45) is 3.13. The third-order valence-electron chi connectivity index (χ3n) is 7.42. The Morgan fingerprint density at radius 1 is 0.950 bits per heavy atom. The molecule has 3 heterocycles. The number of ether oxygens (including phenoxy) is 4. The second-order valence-electron chi connectivity index (χ2n) is 10.2. The third-order valence-corrected chi connectivity index (χ3v) is 7.42. The summed E-state index contributed by atoms with van der Waals surface area (Å²) in [4.78, 5) is 29.5. The summed E-state index contributed by atoms with van der Waals surface area (Å²) in [5, 5.41) is 0.448. The lowest BCUT2D eigenvalue weighted by Gasteiger charge is -2.26. The van der Waals surface area contributed by atoms with Crippen LogP contribution in [0.15, 0.2) is 63.8 Å². The van der Waals surface area contributed by atoms with Gasteiger partial charge in [0.25, 0.3) is 5.91 Å². The van der Waals surface area contributed by atoms with Crippen molar-refractivity contribution in [3.05, 3.63) is 92.8 Å². The number of benzene rings is 3. The van der Waals surface area contributed by atoms with Crippen molar-refractivity contribution < 1.29 is 28.2 Å². The molecule has 0 spiro atoms. The van der Waals surface area contributed by atoms with Gasteiger partial charge in [0.15, 0.2) is 28.4 Å². The molecule has 8 heteroatoms. The molecular formula is C32H31NO7. The van der Waals surface area contributed by atoms with Crippen LogP contribution in [0.5, 0.6) is 23.0 Å². The lowest BCUT2D eigenvalue weighted by molar-refractivity contribution is 0.0714. The zero-order valence-corrected chi connectivity index (χ0v) is 22.8. The quantitative estimate of drug-likeness (QED) is 0.235. The van der Waals surface area contributed by atoms with E-state index in [2.05, 4.69) is 6.92 Å². The molecule has 4 aromatic rings. The topological polar surface area (TPSA) is 87.4 Å². The van der Waals surface area contributed by atoms with Gasteiger partial charge in [-0.25, -0.2) is 0 Å². The maximum atomic E-state index is 13.9. The number of unbranched alkanes of at least 4 members (excludes halogenated alkanes) is 2. The second-order valence-corrected chi connectivity index (χ2v) is 10.2. The number of carbonyl (C=O) groups is 1. The van der Waals surface area contributed by atoms with E-state index in [0.29, 0.717) is 46.1 Å². The Morgan fingerprint density at radius 3 is 2.62 bits per heavy atom. The molecule has 1 atom stereocenters. The number of hydrogen-bond donors (Lipinski definition) is 0. The Morgan fingerprint density at radius 2 is 1.80 bits per heavy atom. The van der Waals surface area contributed by atoms with Gasteiger partial charge in [-0.3, -0.25) is 9.59 Å². The van der Waals surface area contributed by atoms with Crippen LogP contribution in [0, 0.1) is 6.92 Å². The zero-order valence-electron chi connectivity index (χ0n) is 22.8. The first kappa shape index (κ1) is 25.8. The Labute approximate surface area is 232 Å². The van der Waals surface area contributed by atoms with Gasteiger partial charge in [-0.1, -0.05) is 43.5 Å². The van der Waals surface area contributed by atoms with Crippen molar-refractivity contribution in [1.82, 2.24) is 4.90 Å². The normalized spacial score (nSPS) is 15.5. The van der Waals surface area contributed by atoms with Crippen LogP contribution in [-0.4, -0.2) is 31.3 Å². The van der Waals surface area contributed by atoms with E-state index in [4.69, 9.17) is 23.4 Å². The fourth-order valence-electron chi connectivity index (χ4n) is 5.39. The lowest BCUT2D eigenvalue weighted by atomic mass is 9.97. The van der Waals surface area contributed by atoms with Gasteiger partial charge in [0, 0.05) is 6.54 Å². The summed E-state index contributed by atoms with van der Waals surface area (Å²) in [5.41, 5.74) is 2.99. The van der Waals surface area contributed by atoms with Gasteiger partial charge in [-0.05, 0) is 60.9 Å². The SMILES string of the molecule is CCCCCOc1ccc([C@@H]2c3c(oc4ccc(C)cc4c3=O)C(=O)N2Cc2ccc3c(c2)OCO3)cc1OC. The highest BCUT2D eigenvalue weighted by Gasteiger charge is 2.43. The Kier molecular flexibility index (Phi) is 6.84. The van der Waals surface area contributed by atoms with Crippen molar-refractivity contribution in [2.24, 2.45) is 0 Å². The van der Waals surface area contributed by atoms with E-state index in [1.54, 1.807) is 24.1 Å². The molecule has 0 N–H and O–H groups in total. The van der Waals surface area contributed by atoms with Crippen LogP contribution in [0.1, 0.15) is 65.0 Å². The first-order valence-corrected chi connectivity index (χ1v) is 13.6. The molecule has 40 heavy (non-hydrogen) atoms. The maximum Gasteiger partial charge on any atom is 0.291 e. The standard InChI is InChI=1S/C32H31NO7/c1-4-5-6-13-37-24-12-9-21(16-26(24)36-3)29-28-30(34)22-14-19(2)7-10-23(22)40-31(28)32(35)33(29)17-20-8-11-25-27(15-20)39-18-38-25/h7-12,14-16,29H,4-6,13,17-18H2,1-3H3/t29-/m1/s1. The lowest BCUT2D eigenvalue weighted by Crippen LogP contribution is -2.29. The highest BCUT2D eigenvalue weighted by atomic mass is 16.7. The molecule has 0 unspecified atom stereocenters. The number of amides is 1. The molecule has 0 saturated carbocycles. The third kappa shape index (κ3) is 4.53. The van der Waals surface area contributed by atoms with E-state index in [0.717, 1.165) is 36.0 Å². The van der Waals surface area contributed by atoms with E-state index in [1.165, 1.54) is 0 Å². The fraction of sp³-hybridized carbons (Fsp3) is 0.312. The minimum absolute atomic E-state index is 0.0611. The molecule has 0 saturated heterocycles. The molecule has 0 radical (unpaired) electrons.